The lowest BCUT2D eigenvalue weighted by Crippen LogP contribution is -2.01. The molecule has 92 valence electrons. The molecular formula is C14H13ClN2S. The van der Waals surface area contributed by atoms with Gasteiger partial charge in [-0.1, -0.05) is 18.5 Å². The summed E-state index contributed by atoms with van der Waals surface area (Å²) in [4.78, 5) is 1.31. The topological polar surface area (TPSA) is 35.8 Å². The van der Waals surface area contributed by atoms with Crippen molar-refractivity contribution in [3.63, 3.8) is 0 Å². The Morgan fingerprint density at radius 2 is 2.22 bits per heavy atom. The van der Waals surface area contributed by atoms with Crippen LogP contribution in [0.3, 0.4) is 0 Å². The smallest absolute Gasteiger partial charge is 0.101 e. The highest BCUT2D eigenvalue weighted by atomic mass is 35.5. The average molecular weight is 277 g/mol. The molecule has 1 aromatic heterocycles. The summed E-state index contributed by atoms with van der Waals surface area (Å²) in [5.74, 6) is 0. The third kappa shape index (κ3) is 2.84. The molecule has 0 aliphatic heterocycles. The fourth-order valence-electron chi connectivity index (χ4n) is 1.77. The first-order chi connectivity index (χ1) is 8.74. The first-order valence-electron chi connectivity index (χ1n) is 5.73. The molecule has 2 rings (SSSR count). The van der Waals surface area contributed by atoms with Gasteiger partial charge in [0.05, 0.1) is 11.3 Å². The lowest BCUT2D eigenvalue weighted by Gasteiger charge is -2.08. The second-order valence-corrected chi connectivity index (χ2v) is 5.31. The normalized spacial score (nSPS) is 10.1. The van der Waals surface area contributed by atoms with E-state index >= 15 is 0 Å². The highest BCUT2D eigenvalue weighted by Crippen LogP contribution is 2.23. The Hall–Kier alpha value is -1.50. The first-order valence-corrected chi connectivity index (χ1v) is 6.99. The van der Waals surface area contributed by atoms with Crippen molar-refractivity contribution in [2.24, 2.45) is 0 Å². The Balaban J connectivity index is 2.15. The lowest BCUT2D eigenvalue weighted by atomic mass is 10.2. The number of nitriles is 1. The van der Waals surface area contributed by atoms with Gasteiger partial charge in [-0.3, -0.25) is 0 Å². The van der Waals surface area contributed by atoms with E-state index in [1.165, 1.54) is 10.4 Å². The Morgan fingerprint density at radius 1 is 1.39 bits per heavy atom. The minimum atomic E-state index is 0.619. The number of halogens is 1. The summed E-state index contributed by atoms with van der Waals surface area (Å²) < 4.78 is 0. The van der Waals surface area contributed by atoms with Crippen LogP contribution < -0.4 is 5.32 Å². The van der Waals surface area contributed by atoms with Crippen LogP contribution in [0.4, 0.5) is 5.69 Å². The number of rotatable bonds is 4. The molecule has 0 fully saturated rings. The van der Waals surface area contributed by atoms with Gasteiger partial charge in [0.2, 0.25) is 0 Å². The molecule has 0 aliphatic rings. The zero-order chi connectivity index (χ0) is 13.0. The van der Waals surface area contributed by atoms with Crippen molar-refractivity contribution in [3.05, 3.63) is 50.7 Å². The molecule has 0 amide bonds. The molecule has 0 bridgehead atoms. The SMILES string of the molecule is CCc1ccsc1CNc1cc(Cl)ccc1C#N. The second-order valence-electron chi connectivity index (χ2n) is 3.88. The van der Waals surface area contributed by atoms with Crippen molar-refractivity contribution in [1.82, 2.24) is 0 Å². The van der Waals surface area contributed by atoms with Crippen LogP contribution in [-0.2, 0) is 13.0 Å². The Bertz CT molecular complexity index is 584. The van der Waals surface area contributed by atoms with E-state index in [1.54, 1.807) is 29.5 Å². The molecule has 0 aliphatic carbocycles. The van der Waals surface area contributed by atoms with Gasteiger partial charge in [-0.25, -0.2) is 0 Å². The summed E-state index contributed by atoms with van der Waals surface area (Å²) in [6, 6.07) is 9.56. The van der Waals surface area contributed by atoms with Crippen molar-refractivity contribution >= 4 is 28.6 Å². The molecule has 0 saturated carbocycles. The van der Waals surface area contributed by atoms with Gasteiger partial charge >= 0.3 is 0 Å². The number of thiophene rings is 1. The molecule has 0 spiro atoms. The largest absolute Gasteiger partial charge is 0.379 e. The van der Waals surface area contributed by atoms with E-state index in [1.807, 2.05) is 0 Å². The summed E-state index contributed by atoms with van der Waals surface area (Å²) in [6.07, 6.45) is 1.03. The minimum Gasteiger partial charge on any atom is -0.379 e. The van der Waals surface area contributed by atoms with E-state index in [-0.39, 0.29) is 0 Å². The van der Waals surface area contributed by atoms with E-state index in [9.17, 15) is 0 Å². The zero-order valence-corrected chi connectivity index (χ0v) is 11.6. The van der Waals surface area contributed by atoms with Crippen molar-refractivity contribution in [3.8, 4) is 6.07 Å². The number of nitrogens with one attached hydrogen (secondary N) is 1. The van der Waals surface area contributed by atoms with Gasteiger partial charge in [0, 0.05) is 16.4 Å². The molecule has 1 aromatic carbocycles. The lowest BCUT2D eigenvalue weighted by molar-refractivity contribution is 1.08. The van der Waals surface area contributed by atoms with E-state index in [2.05, 4.69) is 29.8 Å². The van der Waals surface area contributed by atoms with Gasteiger partial charge in [0.15, 0.2) is 0 Å². The number of anilines is 1. The van der Waals surface area contributed by atoms with Crippen molar-refractivity contribution in [1.29, 1.82) is 5.26 Å². The predicted molar refractivity (Wildman–Crippen MR) is 77.2 cm³/mol. The molecular weight excluding hydrogens is 264 g/mol. The molecule has 0 radical (unpaired) electrons. The van der Waals surface area contributed by atoms with E-state index in [0.29, 0.717) is 10.6 Å². The highest BCUT2D eigenvalue weighted by molar-refractivity contribution is 7.10. The van der Waals surface area contributed by atoms with Gasteiger partial charge < -0.3 is 5.32 Å². The molecule has 18 heavy (non-hydrogen) atoms. The van der Waals surface area contributed by atoms with Gasteiger partial charge in [0.25, 0.3) is 0 Å². The molecule has 1 N–H and O–H groups in total. The third-order valence-electron chi connectivity index (χ3n) is 2.76. The van der Waals surface area contributed by atoms with Crippen molar-refractivity contribution < 1.29 is 0 Å². The summed E-state index contributed by atoms with van der Waals surface area (Å²) in [7, 11) is 0. The predicted octanol–water partition coefficient (Wildman–Crippen LogP) is 4.45. The monoisotopic (exact) mass is 276 g/mol. The summed E-state index contributed by atoms with van der Waals surface area (Å²) >= 11 is 7.68. The van der Waals surface area contributed by atoms with E-state index in [4.69, 9.17) is 16.9 Å². The second kappa shape index (κ2) is 5.90. The van der Waals surface area contributed by atoms with E-state index < -0.39 is 0 Å². The van der Waals surface area contributed by atoms with E-state index in [0.717, 1.165) is 18.7 Å². The molecule has 0 unspecified atom stereocenters. The van der Waals surface area contributed by atoms with Crippen LogP contribution in [0.15, 0.2) is 29.6 Å². The molecule has 2 aromatic rings. The maximum Gasteiger partial charge on any atom is 0.101 e. The van der Waals surface area contributed by atoms with Crippen LogP contribution in [0.1, 0.15) is 22.9 Å². The summed E-state index contributed by atoms with van der Waals surface area (Å²) in [5, 5.41) is 15.1. The van der Waals surface area contributed by atoms with Crippen LogP contribution in [0.25, 0.3) is 0 Å². The number of nitrogens with zero attached hydrogens (tertiary/aromatic N) is 1. The number of benzene rings is 1. The number of hydrogen-bond acceptors (Lipinski definition) is 3. The fourth-order valence-corrected chi connectivity index (χ4v) is 2.86. The van der Waals surface area contributed by atoms with Crippen molar-refractivity contribution in [2.45, 2.75) is 19.9 Å². The molecule has 0 saturated heterocycles. The van der Waals surface area contributed by atoms with Crippen LogP contribution in [0, 0.1) is 11.3 Å². The maximum atomic E-state index is 9.04. The maximum absolute atomic E-state index is 9.04. The third-order valence-corrected chi connectivity index (χ3v) is 3.96. The Kier molecular flexibility index (Phi) is 4.24. The molecule has 1 heterocycles. The van der Waals surface area contributed by atoms with Gasteiger partial charge in [0.1, 0.15) is 6.07 Å². The highest BCUT2D eigenvalue weighted by Gasteiger charge is 2.05. The Labute approximate surface area is 116 Å². The Morgan fingerprint density at radius 3 is 2.94 bits per heavy atom. The van der Waals surface area contributed by atoms with Crippen LogP contribution in [-0.4, -0.2) is 0 Å². The molecule has 0 atom stereocenters. The number of aryl methyl sites for hydroxylation is 1. The minimum absolute atomic E-state index is 0.619. The number of hydrogen-bond donors (Lipinski definition) is 1. The van der Waals surface area contributed by atoms with Crippen molar-refractivity contribution in [2.75, 3.05) is 5.32 Å². The summed E-state index contributed by atoms with van der Waals surface area (Å²) in [6.45, 7) is 2.88. The molecule has 2 nitrogen and oxygen atoms in total. The zero-order valence-electron chi connectivity index (χ0n) is 10.0. The van der Waals surface area contributed by atoms with Crippen LogP contribution >= 0.6 is 22.9 Å². The first kappa shape index (κ1) is 12.9. The van der Waals surface area contributed by atoms with Gasteiger partial charge in [-0.2, -0.15) is 5.26 Å². The molecule has 4 heteroatoms. The summed E-state index contributed by atoms with van der Waals surface area (Å²) in [5.41, 5.74) is 2.77. The van der Waals surface area contributed by atoms with Crippen LogP contribution in [0.2, 0.25) is 5.02 Å². The average Bonchev–Trinajstić information content (AvgIpc) is 2.84. The van der Waals surface area contributed by atoms with Gasteiger partial charge in [-0.15, -0.1) is 11.3 Å². The van der Waals surface area contributed by atoms with Gasteiger partial charge in [-0.05, 0) is 41.6 Å². The standard InChI is InChI=1S/C14H13ClN2S/c1-2-10-5-6-18-14(10)9-17-13-7-12(15)4-3-11(13)8-16/h3-7,17H,2,9H2,1H3. The quantitative estimate of drug-likeness (QED) is 0.896. The fraction of sp³-hybridized carbons (Fsp3) is 0.214. The van der Waals surface area contributed by atoms with Crippen LogP contribution in [0.5, 0.6) is 0 Å².